The van der Waals surface area contributed by atoms with Gasteiger partial charge in [-0.25, -0.2) is 0 Å². The van der Waals surface area contributed by atoms with Gasteiger partial charge in [0.25, 0.3) is 0 Å². The number of aliphatic hydroxyl groups excluding tert-OH is 3. The highest BCUT2D eigenvalue weighted by molar-refractivity contribution is 5.87. The maximum atomic E-state index is 10.6. The molecule has 4 rings (SSSR count). The zero-order valence-electron chi connectivity index (χ0n) is 17.0. The van der Waals surface area contributed by atoms with Crippen LogP contribution in [0.5, 0.6) is 0 Å². The molecule has 3 aromatic rings. The van der Waals surface area contributed by atoms with Gasteiger partial charge < -0.3 is 24.6 Å². The minimum absolute atomic E-state index is 0.179. The molecule has 3 N–H and O–H groups in total. The molecule has 1 unspecified atom stereocenters. The first-order chi connectivity index (χ1) is 14.0. The fraction of sp³-hybridized carbons (Fsp3) is 0.417. The maximum absolute atomic E-state index is 10.6. The quantitative estimate of drug-likeness (QED) is 0.621. The molecule has 5 nitrogen and oxygen atoms in total. The van der Waals surface area contributed by atoms with Crippen LogP contribution in [0.4, 0.5) is 0 Å². The maximum Gasteiger partial charge on any atom is 0.113 e. The van der Waals surface area contributed by atoms with Crippen molar-refractivity contribution >= 4 is 10.9 Å². The van der Waals surface area contributed by atoms with Gasteiger partial charge in [-0.2, -0.15) is 0 Å². The first-order valence-corrected chi connectivity index (χ1v) is 10.3. The predicted octanol–water partition coefficient (Wildman–Crippen LogP) is 3.10. The van der Waals surface area contributed by atoms with E-state index in [1.165, 1.54) is 11.1 Å². The summed E-state index contributed by atoms with van der Waals surface area (Å²) in [7, 11) is 0. The van der Waals surface area contributed by atoms with Crippen molar-refractivity contribution in [3.8, 4) is 0 Å². The van der Waals surface area contributed by atoms with E-state index in [4.69, 9.17) is 4.74 Å². The van der Waals surface area contributed by atoms with Gasteiger partial charge in [0.05, 0.1) is 18.8 Å². The number of hydrogen-bond donors (Lipinski definition) is 3. The van der Waals surface area contributed by atoms with Gasteiger partial charge in [-0.15, -0.1) is 0 Å². The SMILES string of the molecule is CCc1ccc(Cn2cc([C@@H]3O[C@H](CO)C[C@H](O)C3O)c3c(C)cccc32)cc1. The minimum Gasteiger partial charge on any atom is -0.394 e. The monoisotopic (exact) mass is 395 g/mol. The lowest BCUT2D eigenvalue weighted by Crippen LogP contribution is -2.44. The molecule has 0 radical (unpaired) electrons. The molecular formula is C24H29NO4. The number of hydrogen-bond acceptors (Lipinski definition) is 4. The van der Waals surface area contributed by atoms with Crippen molar-refractivity contribution in [1.82, 2.24) is 4.57 Å². The van der Waals surface area contributed by atoms with Gasteiger partial charge in [0.1, 0.15) is 12.2 Å². The lowest BCUT2D eigenvalue weighted by molar-refractivity contribution is -0.179. The summed E-state index contributed by atoms with van der Waals surface area (Å²) in [6, 6.07) is 14.8. The van der Waals surface area contributed by atoms with Crippen LogP contribution in [0.2, 0.25) is 0 Å². The normalized spacial score (nSPS) is 24.9. The highest BCUT2D eigenvalue weighted by atomic mass is 16.5. The summed E-state index contributed by atoms with van der Waals surface area (Å²) in [6.45, 7) is 4.72. The zero-order valence-corrected chi connectivity index (χ0v) is 17.0. The molecule has 1 saturated heterocycles. The third-order valence-corrected chi connectivity index (χ3v) is 5.99. The first-order valence-electron chi connectivity index (χ1n) is 10.3. The lowest BCUT2D eigenvalue weighted by Gasteiger charge is -2.36. The molecule has 2 aromatic carbocycles. The average Bonchev–Trinajstić information content (AvgIpc) is 3.10. The average molecular weight is 395 g/mol. The Balaban J connectivity index is 1.76. The number of rotatable bonds is 5. The van der Waals surface area contributed by atoms with Crippen LogP contribution in [-0.2, 0) is 17.7 Å². The molecule has 29 heavy (non-hydrogen) atoms. The van der Waals surface area contributed by atoms with Gasteiger partial charge in [0.15, 0.2) is 0 Å². The van der Waals surface area contributed by atoms with Gasteiger partial charge in [0.2, 0.25) is 0 Å². The van der Waals surface area contributed by atoms with Crippen molar-refractivity contribution in [2.24, 2.45) is 0 Å². The summed E-state index contributed by atoms with van der Waals surface area (Å²) in [5, 5.41) is 31.5. The molecule has 0 spiro atoms. The van der Waals surface area contributed by atoms with E-state index < -0.39 is 24.4 Å². The topological polar surface area (TPSA) is 74.9 Å². The Bertz CT molecular complexity index is 978. The van der Waals surface area contributed by atoms with Crippen molar-refractivity contribution in [2.75, 3.05) is 6.61 Å². The highest BCUT2D eigenvalue weighted by Gasteiger charge is 2.39. The number of fused-ring (bicyclic) bond motifs is 1. The van der Waals surface area contributed by atoms with E-state index >= 15 is 0 Å². The summed E-state index contributed by atoms with van der Waals surface area (Å²) in [5.41, 5.74) is 5.52. The van der Waals surface area contributed by atoms with E-state index in [-0.39, 0.29) is 13.0 Å². The predicted molar refractivity (Wildman–Crippen MR) is 113 cm³/mol. The van der Waals surface area contributed by atoms with Crippen LogP contribution < -0.4 is 0 Å². The summed E-state index contributed by atoms with van der Waals surface area (Å²) in [5.74, 6) is 0. The number of nitrogens with zero attached hydrogens (tertiary/aromatic N) is 1. The van der Waals surface area contributed by atoms with E-state index in [1.807, 2.05) is 25.3 Å². The number of ether oxygens (including phenoxy) is 1. The summed E-state index contributed by atoms with van der Waals surface area (Å²) in [6.07, 6.45) is 0.156. The molecule has 4 atom stereocenters. The molecule has 1 aliphatic heterocycles. The van der Waals surface area contributed by atoms with Gasteiger partial charge in [-0.3, -0.25) is 0 Å². The molecule has 5 heteroatoms. The van der Waals surface area contributed by atoms with Gasteiger partial charge in [0, 0.05) is 35.6 Å². The van der Waals surface area contributed by atoms with Crippen molar-refractivity contribution in [1.29, 1.82) is 0 Å². The Labute approximate surface area is 171 Å². The van der Waals surface area contributed by atoms with E-state index in [9.17, 15) is 15.3 Å². The molecular weight excluding hydrogens is 366 g/mol. The molecule has 2 heterocycles. The van der Waals surface area contributed by atoms with Crippen LogP contribution in [0.25, 0.3) is 10.9 Å². The lowest BCUT2D eigenvalue weighted by atomic mass is 9.92. The van der Waals surface area contributed by atoms with E-state index in [0.29, 0.717) is 6.54 Å². The summed E-state index contributed by atoms with van der Waals surface area (Å²) < 4.78 is 8.16. The van der Waals surface area contributed by atoms with Crippen molar-refractivity contribution < 1.29 is 20.1 Å². The second-order valence-electron chi connectivity index (χ2n) is 8.01. The van der Waals surface area contributed by atoms with Crippen LogP contribution in [0.3, 0.4) is 0 Å². The fourth-order valence-electron chi connectivity index (χ4n) is 4.32. The molecule has 0 amide bonds. The second-order valence-corrected chi connectivity index (χ2v) is 8.01. The molecule has 1 aromatic heterocycles. The standard InChI is InChI=1S/C24H29NO4/c1-3-16-7-9-17(10-8-16)12-25-13-19(22-15(2)5-4-6-20(22)25)24-23(28)21(27)11-18(14-26)29-24/h4-10,13,18,21,23-24,26-28H,3,11-12,14H2,1-2H3/t18-,21-,23?,24-/m0/s1. The summed E-state index contributed by atoms with van der Waals surface area (Å²) in [4.78, 5) is 0. The van der Waals surface area contributed by atoms with E-state index in [1.54, 1.807) is 0 Å². The number of aryl methyl sites for hydroxylation is 2. The second kappa shape index (κ2) is 8.28. The Morgan fingerprint density at radius 1 is 1.07 bits per heavy atom. The molecule has 0 bridgehead atoms. The molecule has 154 valence electrons. The van der Waals surface area contributed by atoms with Gasteiger partial charge in [-0.05, 0) is 36.1 Å². The van der Waals surface area contributed by atoms with Crippen LogP contribution in [0.1, 0.15) is 41.7 Å². The zero-order chi connectivity index (χ0) is 20.5. The third kappa shape index (κ3) is 3.83. The van der Waals surface area contributed by atoms with E-state index in [2.05, 4.69) is 41.8 Å². The van der Waals surface area contributed by atoms with Crippen LogP contribution >= 0.6 is 0 Å². The summed E-state index contributed by atoms with van der Waals surface area (Å²) >= 11 is 0. The Hall–Kier alpha value is -2.18. The first kappa shape index (κ1) is 20.1. The fourth-order valence-corrected chi connectivity index (χ4v) is 4.32. The minimum atomic E-state index is -1.03. The Kier molecular flexibility index (Phi) is 5.74. The smallest absolute Gasteiger partial charge is 0.113 e. The molecule has 1 fully saturated rings. The molecule has 1 aliphatic rings. The van der Waals surface area contributed by atoms with Gasteiger partial charge in [-0.1, -0.05) is 43.3 Å². The van der Waals surface area contributed by atoms with Crippen LogP contribution in [-0.4, -0.2) is 44.8 Å². The van der Waals surface area contributed by atoms with Crippen molar-refractivity contribution in [2.45, 2.75) is 57.6 Å². The largest absolute Gasteiger partial charge is 0.394 e. The highest BCUT2D eigenvalue weighted by Crippen LogP contribution is 2.38. The van der Waals surface area contributed by atoms with Crippen molar-refractivity contribution in [3.63, 3.8) is 0 Å². The van der Waals surface area contributed by atoms with Crippen LogP contribution in [0.15, 0.2) is 48.7 Å². The Morgan fingerprint density at radius 3 is 2.48 bits per heavy atom. The number of benzene rings is 2. The Morgan fingerprint density at radius 2 is 1.79 bits per heavy atom. The number of aromatic nitrogens is 1. The number of aliphatic hydroxyl groups is 3. The van der Waals surface area contributed by atoms with Gasteiger partial charge >= 0.3 is 0 Å². The molecule has 0 aliphatic carbocycles. The van der Waals surface area contributed by atoms with Crippen LogP contribution in [0, 0.1) is 6.92 Å². The molecule has 0 saturated carbocycles. The van der Waals surface area contributed by atoms with Crippen molar-refractivity contribution in [3.05, 3.63) is 70.9 Å². The third-order valence-electron chi connectivity index (χ3n) is 5.99. The van der Waals surface area contributed by atoms with E-state index in [0.717, 1.165) is 28.5 Å².